The van der Waals surface area contributed by atoms with Crippen molar-refractivity contribution in [3.05, 3.63) is 40.3 Å². The highest BCUT2D eigenvalue weighted by molar-refractivity contribution is 8.02. The Morgan fingerprint density at radius 1 is 1.60 bits per heavy atom. The Labute approximate surface area is 123 Å². The van der Waals surface area contributed by atoms with E-state index >= 15 is 0 Å². The third-order valence-electron chi connectivity index (χ3n) is 3.00. The smallest absolute Gasteiger partial charge is 0.352 e. The van der Waals surface area contributed by atoms with Crippen LogP contribution in [0.1, 0.15) is 16.6 Å². The molecule has 2 aliphatic rings. The molecule has 8 heteroatoms. The maximum Gasteiger partial charge on any atom is 0.352 e. The Bertz CT molecular complexity index is 614. The Morgan fingerprint density at radius 3 is 3.15 bits per heavy atom. The van der Waals surface area contributed by atoms with Crippen molar-refractivity contribution in [2.75, 3.05) is 0 Å². The Morgan fingerprint density at radius 2 is 2.45 bits per heavy atom. The number of fused-ring (bicyclic) bond motifs is 1. The number of nitrogens with zero attached hydrogens (tertiary/aromatic N) is 2. The lowest BCUT2D eigenvalue weighted by Crippen LogP contribution is -2.14. The Kier molecular flexibility index (Phi) is 3.58. The third-order valence-corrected chi connectivity index (χ3v) is 5.08. The van der Waals surface area contributed by atoms with E-state index in [1.807, 2.05) is 10.7 Å². The molecular formula is C12H11N3O3S2. The van der Waals surface area contributed by atoms with Gasteiger partial charge in [-0.15, -0.1) is 23.5 Å². The van der Waals surface area contributed by atoms with Crippen molar-refractivity contribution in [1.29, 1.82) is 0 Å². The lowest BCUT2D eigenvalue weighted by atomic mass is 10.1. The van der Waals surface area contributed by atoms with Crippen molar-refractivity contribution in [3.8, 4) is 0 Å². The SMILES string of the molecule is O=CC1=CNC(C(=O)O)=CS[C@H]1c1cc2n(n1)CSC2. The zero-order valence-electron chi connectivity index (χ0n) is 10.3. The summed E-state index contributed by atoms with van der Waals surface area (Å²) in [5, 5.41) is 17.4. The number of hydrogen-bond acceptors (Lipinski definition) is 6. The van der Waals surface area contributed by atoms with Crippen LogP contribution in [-0.4, -0.2) is 27.1 Å². The minimum Gasteiger partial charge on any atom is -0.477 e. The fourth-order valence-corrected chi connectivity index (χ4v) is 3.91. The molecule has 0 aromatic carbocycles. The molecule has 0 radical (unpaired) electrons. The van der Waals surface area contributed by atoms with Gasteiger partial charge in [-0.1, -0.05) is 0 Å². The number of rotatable bonds is 3. The normalized spacial score (nSPS) is 21.3. The van der Waals surface area contributed by atoms with Gasteiger partial charge >= 0.3 is 5.97 Å². The van der Waals surface area contributed by atoms with Crippen molar-refractivity contribution in [3.63, 3.8) is 0 Å². The molecule has 1 aromatic rings. The first-order chi connectivity index (χ1) is 9.69. The highest BCUT2D eigenvalue weighted by Gasteiger charge is 2.25. The molecule has 0 saturated carbocycles. The lowest BCUT2D eigenvalue weighted by Gasteiger charge is -2.09. The first-order valence-electron chi connectivity index (χ1n) is 5.84. The van der Waals surface area contributed by atoms with Gasteiger partial charge in [0.05, 0.1) is 16.8 Å². The zero-order chi connectivity index (χ0) is 14.1. The van der Waals surface area contributed by atoms with E-state index in [1.54, 1.807) is 11.8 Å². The van der Waals surface area contributed by atoms with E-state index < -0.39 is 5.97 Å². The van der Waals surface area contributed by atoms with Crippen LogP contribution in [0.15, 0.2) is 28.9 Å². The molecule has 0 fully saturated rings. The van der Waals surface area contributed by atoms with Crippen molar-refractivity contribution in [2.45, 2.75) is 16.9 Å². The van der Waals surface area contributed by atoms with E-state index in [1.165, 1.54) is 23.4 Å². The second kappa shape index (κ2) is 5.37. The molecule has 3 heterocycles. The van der Waals surface area contributed by atoms with Gasteiger partial charge < -0.3 is 10.4 Å². The number of carboxylic acid groups (broad SMARTS) is 1. The number of carbonyl (C=O) groups excluding carboxylic acids is 1. The summed E-state index contributed by atoms with van der Waals surface area (Å²) in [5.41, 5.74) is 2.45. The Balaban J connectivity index is 1.93. The van der Waals surface area contributed by atoms with Gasteiger partial charge in [-0.3, -0.25) is 9.48 Å². The lowest BCUT2D eigenvalue weighted by molar-refractivity contribution is -0.133. The van der Waals surface area contributed by atoms with Crippen LogP contribution >= 0.6 is 23.5 Å². The Hall–Kier alpha value is -1.67. The molecule has 0 amide bonds. The fraction of sp³-hybridized carbons (Fsp3) is 0.250. The number of hydrogen-bond donors (Lipinski definition) is 2. The molecule has 104 valence electrons. The van der Waals surface area contributed by atoms with E-state index in [2.05, 4.69) is 10.4 Å². The molecule has 0 aliphatic carbocycles. The van der Waals surface area contributed by atoms with Gasteiger partial charge in [0.15, 0.2) is 0 Å². The van der Waals surface area contributed by atoms with E-state index in [-0.39, 0.29) is 10.9 Å². The first kappa shape index (κ1) is 13.3. The van der Waals surface area contributed by atoms with Crippen LogP contribution in [0.25, 0.3) is 0 Å². The maximum atomic E-state index is 11.2. The second-order valence-corrected chi connectivity index (χ2v) is 6.23. The van der Waals surface area contributed by atoms with Crippen LogP contribution < -0.4 is 5.32 Å². The summed E-state index contributed by atoms with van der Waals surface area (Å²) >= 11 is 3.06. The largest absolute Gasteiger partial charge is 0.477 e. The minimum atomic E-state index is -1.05. The zero-order valence-corrected chi connectivity index (χ0v) is 11.9. The van der Waals surface area contributed by atoms with Gasteiger partial charge in [-0.05, 0) is 6.07 Å². The van der Waals surface area contributed by atoms with Crippen LogP contribution in [0.4, 0.5) is 0 Å². The molecule has 3 rings (SSSR count). The fourth-order valence-electron chi connectivity index (χ4n) is 2.00. The molecule has 1 atom stereocenters. The van der Waals surface area contributed by atoms with E-state index in [4.69, 9.17) is 5.11 Å². The molecule has 0 spiro atoms. The van der Waals surface area contributed by atoms with E-state index in [0.717, 1.165) is 29.3 Å². The first-order valence-corrected chi connectivity index (χ1v) is 7.94. The van der Waals surface area contributed by atoms with Gasteiger partial charge in [0.2, 0.25) is 0 Å². The minimum absolute atomic E-state index is 0.0548. The number of aldehydes is 1. The van der Waals surface area contributed by atoms with Crippen LogP contribution in [0.5, 0.6) is 0 Å². The summed E-state index contributed by atoms with van der Waals surface area (Å²) < 4.78 is 1.92. The van der Waals surface area contributed by atoms with Gasteiger partial charge in [-0.25, -0.2) is 4.79 Å². The highest BCUT2D eigenvalue weighted by Crippen LogP contribution is 2.38. The summed E-state index contributed by atoms with van der Waals surface area (Å²) in [6.07, 6.45) is 2.18. The number of carboxylic acids is 1. The summed E-state index contributed by atoms with van der Waals surface area (Å²) in [6.45, 7) is 0. The maximum absolute atomic E-state index is 11.2. The average Bonchev–Trinajstić information content (AvgIpc) is 2.93. The number of aliphatic carboxylic acids is 1. The monoisotopic (exact) mass is 309 g/mol. The van der Waals surface area contributed by atoms with Crippen LogP contribution in [0, 0.1) is 0 Å². The van der Waals surface area contributed by atoms with Crippen LogP contribution in [-0.2, 0) is 21.2 Å². The quantitative estimate of drug-likeness (QED) is 0.818. The highest BCUT2D eigenvalue weighted by atomic mass is 32.2. The number of thioether (sulfide) groups is 2. The van der Waals surface area contributed by atoms with Gasteiger partial charge in [0, 0.05) is 28.6 Å². The molecular weight excluding hydrogens is 298 g/mol. The van der Waals surface area contributed by atoms with Crippen molar-refractivity contribution < 1.29 is 14.7 Å². The summed E-state index contributed by atoms with van der Waals surface area (Å²) in [5.74, 6) is 0.684. The second-order valence-electron chi connectivity index (χ2n) is 4.30. The van der Waals surface area contributed by atoms with E-state index in [0.29, 0.717) is 5.57 Å². The molecule has 20 heavy (non-hydrogen) atoms. The van der Waals surface area contributed by atoms with Gasteiger partial charge in [0.25, 0.3) is 0 Å². The van der Waals surface area contributed by atoms with Crippen molar-refractivity contribution >= 4 is 35.8 Å². The van der Waals surface area contributed by atoms with E-state index in [9.17, 15) is 9.59 Å². The predicted octanol–water partition coefficient (Wildman–Crippen LogP) is 1.47. The summed E-state index contributed by atoms with van der Waals surface area (Å²) in [7, 11) is 0. The molecule has 0 saturated heterocycles. The van der Waals surface area contributed by atoms with Gasteiger partial charge in [-0.2, -0.15) is 5.10 Å². The molecule has 0 unspecified atom stereocenters. The van der Waals surface area contributed by atoms with Crippen molar-refractivity contribution in [2.24, 2.45) is 0 Å². The number of aromatic nitrogens is 2. The van der Waals surface area contributed by atoms with Gasteiger partial charge in [0.1, 0.15) is 12.0 Å². The standard InChI is InChI=1S/C12H11N3O3S2/c16-3-7-2-13-10(12(17)18)5-20-11(7)9-1-8-4-19-6-15(8)14-9/h1-3,5,11,13H,4,6H2,(H,17,18)/t11-/m1/s1. The average molecular weight is 309 g/mol. The summed E-state index contributed by atoms with van der Waals surface area (Å²) in [6, 6.07) is 1.98. The molecule has 2 N–H and O–H groups in total. The molecule has 2 aliphatic heterocycles. The van der Waals surface area contributed by atoms with Crippen LogP contribution in [0.2, 0.25) is 0 Å². The molecule has 6 nitrogen and oxygen atoms in total. The molecule has 0 bridgehead atoms. The number of nitrogens with one attached hydrogen (secondary N) is 1. The van der Waals surface area contributed by atoms with Crippen molar-refractivity contribution in [1.82, 2.24) is 15.1 Å². The van der Waals surface area contributed by atoms with Crippen LogP contribution in [0.3, 0.4) is 0 Å². The molecule has 1 aromatic heterocycles. The predicted molar refractivity (Wildman–Crippen MR) is 76.9 cm³/mol. The summed E-state index contributed by atoms with van der Waals surface area (Å²) in [4.78, 5) is 22.2. The number of carbonyl (C=O) groups is 2. The third kappa shape index (κ3) is 2.36. The topological polar surface area (TPSA) is 84.2 Å².